The quantitative estimate of drug-likeness (QED) is 0.928. The van der Waals surface area contributed by atoms with Crippen LogP contribution in [-0.4, -0.2) is 14.5 Å². The van der Waals surface area contributed by atoms with E-state index in [0.29, 0.717) is 15.8 Å². The van der Waals surface area contributed by atoms with Crippen molar-refractivity contribution in [1.82, 2.24) is 4.72 Å². The van der Waals surface area contributed by atoms with Crippen LogP contribution in [0.4, 0.5) is 0 Å². The molecule has 0 aromatic heterocycles. The molecule has 1 aromatic rings. The van der Waals surface area contributed by atoms with Crippen LogP contribution in [0.3, 0.4) is 0 Å². The maximum atomic E-state index is 12.2. The summed E-state index contributed by atoms with van der Waals surface area (Å²) in [4.78, 5) is 0.301. The van der Waals surface area contributed by atoms with Gasteiger partial charge in [-0.1, -0.05) is 18.0 Å². The molecule has 1 aromatic carbocycles. The number of hydrogen-bond donors (Lipinski definition) is 1. The third-order valence-corrected chi connectivity index (χ3v) is 5.93. The van der Waals surface area contributed by atoms with E-state index >= 15 is 0 Å². The predicted octanol–water partition coefficient (Wildman–Crippen LogP) is 2.81. The van der Waals surface area contributed by atoms with Crippen LogP contribution >= 0.6 is 11.6 Å². The molecule has 0 radical (unpaired) electrons. The van der Waals surface area contributed by atoms with E-state index in [1.165, 1.54) is 19.3 Å². The Morgan fingerprint density at radius 1 is 1.11 bits per heavy atom. The number of hydrogen-bond acceptors (Lipinski definition) is 2. The van der Waals surface area contributed by atoms with Gasteiger partial charge in [-0.05, 0) is 55.4 Å². The van der Waals surface area contributed by atoms with E-state index in [1.807, 2.05) is 0 Å². The molecule has 0 spiro atoms. The average molecular weight is 286 g/mol. The molecule has 2 saturated carbocycles. The first-order valence-electron chi connectivity index (χ1n) is 6.32. The molecular weight excluding hydrogens is 270 g/mol. The van der Waals surface area contributed by atoms with Crippen LogP contribution in [0.1, 0.15) is 25.7 Å². The van der Waals surface area contributed by atoms with Gasteiger partial charge in [0.2, 0.25) is 10.0 Å². The summed E-state index contributed by atoms with van der Waals surface area (Å²) < 4.78 is 27.3. The number of halogens is 1. The third-order valence-electron chi connectivity index (χ3n) is 4.17. The van der Waals surface area contributed by atoms with Gasteiger partial charge in [0, 0.05) is 11.1 Å². The van der Waals surface area contributed by atoms with Crippen LogP contribution in [0.15, 0.2) is 29.2 Å². The summed E-state index contributed by atoms with van der Waals surface area (Å²) >= 11 is 5.77. The van der Waals surface area contributed by atoms with Gasteiger partial charge in [0.05, 0.1) is 4.90 Å². The first-order valence-corrected chi connectivity index (χ1v) is 8.18. The summed E-state index contributed by atoms with van der Waals surface area (Å²) in [5.41, 5.74) is 0. The summed E-state index contributed by atoms with van der Waals surface area (Å²) in [6.45, 7) is 0. The van der Waals surface area contributed by atoms with Crippen molar-refractivity contribution in [2.24, 2.45) is 11.8 Å². The van der Waals surface area contributed by atoms with Gasteiger partial charge in [0.1, 0.15) is 0 Å². The molecule has 0 amide bonds. The SMILES string of the molecule is O=S(=O)(N[C@@H]1C[C@@H]2CC[C@@H]1C2)c1ccc(Cl)cc1. The Labute approximate surface area is 113 Å². The highest BCUT2D eigenvalue weighted by molar-refractivity contribution is 7.89. The fourth-order valence-corrected chi connectivity index (χ4v) is 4.71. The van der Waals surface area contributed by atoms with Crippen LogP contribution in [0.5, 0.6) is 0 Å². The summed E-state index contributed by atoms with van der Waals surface area (Å²) in [7, 11) is -3.39. The Balaban J connectivity index is 1.77. The second kappa shape index (κ2) is 4.51. The van der Waals surface area contributed by atoms with E-state index in [9.17, 15) is 8.42 Å². The largest absolute Gasteiger partial charge is 0.240 e. The van der Waals surface area contributed by atoms with E-state index in [2.05, 4.69) is 4.72 Å². The molecule has 3 atom stereocenters. The van der Waals surface area contributed by atoms with Crippen LogP contribution in [0.25, 0.3) is 0 Å². The summed E-state index contributed by atoms with van der Waals surface area (Å²) in [5, 5.41) is 0.550. The Morgan fingerprint density at radius 3 is 2.39 bits per heavy atom. The molecule has 5 heteroatoms. The molecule has 98 valence electrons. The molecule has 0 saturated heterocycles. The van der Waals surface area contributed by atoms with Gasteiger partial charge in [-0.15, -0.1) is 0 Å². The minimum atomic E-state index is -3.39. The molecule has 2 fully saturated rings. The molecule has 3 rings (SSSR count). The highest BCUT2D eigenvalue weighted by Gasteiger charge is 2.41. The first kappa shape index (κ1) is 12.5. The monoisotopic (exact) mass is 285 g/mol. The number of rotatable bonds is 3. The van der Waals surface area contributed by atoms with Crippen molar-refractivity contribution in [3.63, 3.8) is 0 Å². The lowest BCUT2D eigenvalue weighted by atomic mass is 9.96. The van der Waals surface area contributed by atoms with Crippen molar-refractivity contribution in [1.29, 1.82) is 0 Å². The van der Waals surface area contributed by atoms with Crippen molar-refractivity contribution in [3.8, 4) is 0 Å². The Morgan fingerprint density at radius 2 is 1.83 bits per heavy atom. The van der Waals surface area contributed by atoms with Crippen molar-refractivity contribution in [3.05, 3.63) is 29.3 Å². The number of benzene rings is 1. The molecule has 0 unspecified atom stereocenters. The minimum Gasteiger partial charge on any atom is -0.208 e. The Bertz CT molecular complexity index is 541. The molecular formula is C13H16ClNO2S. The smallest absolute Gasteiger partial charge is 0.208 e. The molecule has 1 N–H and O–H groups in total. The zero-order valence-corrected chi connectivity index (χ0v) is 11.5. The summed E-state index contributed by atoms with van der Waals surface area (Å²) in [5.74, 6) is 1.27. The molecule has 0 heterocycles. The standard InChI is InChI=1S/C13H16ClNO2S/c14-11-3-5-12(6-4-11)18(16,17)15-13-8-9-1-2-10(13)7-9/h3-6,9-10,13,15H,1-2,7-8H2/t9-,10-,13-/m1/s1. The first-order chi connectivity index (χ1) is 8.54. The zero-order valence-electron chi connectivity index (χ0n) is 9.97. The summed E-state index contributed by atoms with van der Waals surface area (Å²) in [6.07, 6.45) is 4.62. The van der Waals surface area contributed by atoms with Gasteiger partial charge in [-0.2, -0.15) is 0 Å². The van der Waals surface area contributed by atoms with Gasteiger partial charge in [0.15, 0.2) is 0 Å². The van der Waals surface area contributed by atoms with Crippen molar-refractivity contribution in [2.75, 3.05) is 0 Å². The minimum absolute atomic E-state index is 0.129. The van der Waals surface area contributed by atoms with Crippen molar-refractivity contribution >= 4 is 21.6 Å². The second-order valence-electron chi connectivity index (χ2n) is 5.36. The fourth-order valence-electron chi connectivity index (χ4n) is 3.27. The van der Waals surface area contributed by atoms with Crippen LogP contribution < -0.4 is 4.72 Å². The van der Waals surface area contributed by atoms with Crippen molar-refractivity contribution in [2.45, 2.75) is 36.6 Å². The molecule has 3 nitrogen and oxygen atoms in total. The van der Waals surface area contributed by atoms with Gasteiger partial charge < -0.3 is 0 Å². The maximum Gasteiger partial charge on any atom is 0.240 e. The second-order valence-corrected chi connectivity index (χ2v) is 7.51. The summed E-state index contributed by atoms with van der Waals surface area (Å²) in [6, 6.07) is 6.45. The predicted molar refractivity (Wildman–Crippen MR) is 71.0 cm³/mol. The topological polar surface area (TPSA) is 46.2 Å². The Kier molecular flexibility index (Phi) is 3.12. The normalized spacial score (nSPS) is 30.8. The van der Waals surface area contributed by atoms with Gasteiger partial charge in [0.25, 0.3) is 0 Å². The third kappa shape index (κ3) is 2.29. The van der Waals surface area contributed by atoms with Crippen LogP contribution in [-0.2, 0) is 10.0 Å². The van der Waals surface area contributed by atoms with Gasteiger partial charge in [-0.3, -0.25) is 0 Å². The Hall–Kier alpha value is -0.580. The van der Waals surface area contributed by atoms with E-state index in [-0.39, 0.29) is 6.04 Å². The maximum absolute atomic E-state index is 12.2. The highest BCUT2D eigenvalue weighted by Crippen LogP contribution is 2.44. The molecule has 2 aliphatic rings. The molecule has 18 heavy (non-hydrogen) atoms. The van der Waals surface area contributed by atoms with Gasteiger partial charge in [-0.25, -0.2) is 13.1 Å². The van der Waals surface area contributed by atoms with E-state index in [1.54, 1.807) is 24.3 Å². The number of fused-ring (bicyclic) bond motifs is 2. The van der Waals surface area contributed by atoms with E-state index in [0.717, 1.165) is 12.3 Å². The highest BCUT2D eigenvalue weighted by atomic mass is 35.5. The van der Waals surface area contributed by atoms with Crippen molar-refractivity contribution < 1.29 is 8.42 Å². The lowest BCUT2D eigenvalue weighted by molar-refractivity contribution is 0.390. The zero-order chi connectivity index (χ0) is 12.8. The van der Waals surface area contributed by atoms with Crippen LogP contribution in [0, 0.1) is 11.8 Å². The molecule has 2 bridgehead atoms. The lowest BCUT2D eigenvalue weighted by Gasteiger charge is -2.22. The number of sulfonamides is 1. The van der Waals surface area contributed by atoms with Crippen LogP contribution in [0.2, 0.25) is 5.02 Å². The average Bonchev–Trinajstić information content (AvgIpc) is 2.91. The number of nitrogens with one attached hydrogen (secondary N) is 1. The molecule has 0 aliphatic heterocycles. The van der Waals surface area contributed by atoms with E-state index in [4.69, 9.17) is 11.6 Å². The lowest BCUT2D eigenvalue weighted by Crippen LogP contribution is -2.38. The van der Waals surface area contributed by atoms with Gasteiger partial charge >= 0.3 is 0 Å². The van der Waals surface area contributed by atoms with E-state index < -0.39 is 10.0 Å². The fraction of sp³-hybridized carbons (Fsp3) is 0.538. The molecule has 2 aliphatic carbocycles.